The number of hydrogen-bond acceptors (Lipinski definition) is 2. The first-order chi connectivity index (χ1) is 8.60. The van der Waals surface area contributed by atoms with Crippen molar-refractivity contribution in [1.29, 1.82) is 0 Å². The third-order valence-corrected chi connectivity index (χ3v) is 5.21. The van der Waals surface area contributed by atoms with Crippen molar-refractivity contribution >= 4 is 33.6 Å². The molecule has 1 aromatic carbocycles. The number of halogens is 1. The zero-order valence-electron chi connectivity index (χ0n) is 10.7. The summed E-state index contributed by atoms with van der Waals surface area (Å²) >= 11 is 5.35. The van der Waals surface area contributed by atoms with Gasteiger partial charge in [-0.15, -0.1) is 0 Å². The summed E-state index contributed by atoms with van der Waals surface area (Å²) in [4.78, 5) is 12.2. The monoisotopic (exact) mass is 327 g/mol. The summed E-state index contributed by atoms with van der Waals surface area (Å²) in [5.74, 6) is 0.0392. The first-order valence-electron chi connectivity index (χ1n) is 6.20. The summed E-state index contributed by atoms with van der Waals surface area (Å²) in [6.45, 7) is 2.00. The second kappa shape index (κ2) is 6.11. The Morgan fingerprint density at radius 1 is 1.44 bits per heavy atom. The van der Waals surface area contributed by atoms with Crippen molar-refractivity contribution in [2.75, 3.05) is 6.26 Å². The van der Waals surface area contributed by atoms with Crippen molar-refractivity contribution in [3.05, 3.63) is 33.8 Å². The lowest BCUT2D eigenvalue weighted by molar-refractivity contribution is 0.0937. The Balaban J connectivity index is 2.02. The quantitative estimate of drug-likeness (QED) is 0.915. The molecule has 2 rings (SSSR count). The fourth-order valence-corrected chi connectivity index (χ4v) is 3.58. The van der Waals surface area contributed by atoms with Gasteiger partial charge in [-0.05, 0) is 60.5 Å². The van der Waals surface area contributed by atoms with E-state index in [2.05, 4.69) is 27.5 Å². The van der Waals surface area contributed by atoms with E-state index in [4.69, 9.17) is 0 Å². The van der Waals surface area contributed by atoms with Crippen LogP contribution in [0.25, 0.3) is 0 Å². The van der Waals surface area contributed by atoms with Gasteiger partial charge in [0.1, 0.15) is 0 Å². The van der Waals surface area contributed by atoms with E-state index in [1.807, 2.05) is 36.9 Å². The number of nitrogens with one attached hydrogen (secondary N) is 1. The summed E-state index contributed by atoms with van der Waals surface area (Å²) in [7, 11) is 0. The first-order valence-corrected chi connectivity index (χ1v) is 8.28. The highest BCUT2D eigenvalue weighted by molar-refractivity contribution is 9.10. The van der Waals surface area contributed by atoms with Gasteiger partial charge in [0.25, 0.3) is 5.91 Å². The Bertz CT molecular complexity index is 449. The van der Waals surface area contributed by atoms with Crippen LogP contribution in [0.5, 0.6) is 0 Å². The third-order valence-electron chi connectivity index (χ3n) is 3.42. The highest BCUT2D eigenvalue weighted by atomic mass is 79.9. The van der Waals surface area contributed by atoms with E-state index in [9.17, 15) is 4.79 Å². The normalized spacial score (nSPS) is 23.1. The predicted octanol–water partition coefficient (Wildman–Crippen LogP) is 3.77. The third kappa shape index (κ3) is 3.29. The lowest BCUT2D eigenvalue weighted by Gasteiger charge is -2.14. The molecule has 1 aromatic rings. The van der Waals surface area contributed by atoms with Crippen LogP contribution in [0.3, 0.4) is 0 Å². The molecule has 98 valence electrons. The maximum absolute atomic E-state index is 12.2. The molecule has 1 amide bonds. The van der Waals surface area contributed by atoms with E-state index in [1.54, 1.807) is 0 Å². The lowest BCUT2D eigenvalue weighted by Crippen LogP contribution is -2.33. The molecule has 1 N–H and O–H groups in total. The van der Waals surface area contributed by atoms with Gasteiger partial charge in [0.2, 0.25) is 0 Å². The molecule has 2 nitrogen and oxygen atoms in total. The molecule has 1 saturated carbocycles. The first kappa shape index (κ1) is 13.9. The largest absolute Gasteiger partial charge is 0.349 e. The molecule has 0 heterocycles. The van der Waals surface area contributed by atoms with Gasteiger partial charge in [0.05, 0.1) is 5.56 Å². The molecule has 0 spiro atoms. The van der Waals surface area contributed by atoms with E-state index in [0.717, 1.165) is 28.4 Å². The average molecular weight is 328 g/mol. The standard InChI is InChI=1S/C14H18BrNOS/c1-9-3-6-13(15)12(7-9)14(17)16-10-4-5-11(8-10)18-2/h3,6-7,10-11H,4-5,8H2,1-2H3,(H,16,17). The van der Waals surface area contributed by atoms with Crippen molar-refractivity contribution in [2.24, 2.45) is 0 Å². The molecule has 0 saturated heterocycles. The predicted molar refractivity (Wildman–Crippen MR) is 81.3 cm³/mol. The zero-order valence-corrected chi connectivity index (χ0v) is 13.1. The topological polar surface area (TPSA) is 29.1 Å². The van der Waals surface area contributed by atoms with Crippen molar-refractivity contribution < 1.29 is 4.79 Å². The Kier molecular flexibility index (Phi) is 4.73. The molecule has 0 bridgehead atoms. The highest BCUT2D eigenvalue weighted by Gasteiger charge is 2.25. The van der Waals surface area contributed by atoms with Crippen molar-refractivity contribution in [1.82, 2.24) is 5.32 Å². The van der Waals surface area contributed by atoms with Crippen LogP contribution in [0, 0.1) is 6.92 Å². The number of aryl methyl sites for hydroxylation is 1. The smallest absolute Gasteiger partial charge is 0.252 e. The van der Waals surface area contributed by atoms with Crippen LogP contribution in [0.15, 0.2) is 22.7 Å². The molecule has 4 heteroatoms. The lowest BCUT2D eigenvalue weighted by atomic mass is 10.1. The van der Waals surface area contributed by atoms with Crippen molar-refractivity contribution in [3.8, 4) is 0 Å². The van der Waals surface area contributed by atoms with Crippen LogP contribution in [0.2, 0.25) is 0 Å². The Hall–Kier alpha value is -0.480. The zero-order chi connectivity index (χ0) is 13.1. The minimum absolute atomic E-state index is 0.0392. The number of carbonyl (C=O) groups excluding carboxylic acids is 1. The van der Waals surface area contributed by atoms with Gasteiger partial charge in [-0.1, -0.05) is 11.6 Å². The Labute approximate surface area is 121 Å². The molecule has 0 radical (unpaired) electrons. The van der Waals surface area contributed by atoms with Gasteiger partial charge < -0.3 is 5.32 Å². The van der Waals surface area contributed by atoms with Crippen LogP contribution in [0.1, 0.15) is 35.2 Å². The van der Waals surface area contributed by atoms with Gasteiger partial charge in [-0.25, -0.2) is 0 Å². The fraction of sp³-hybridized carbons (Fsp3) is 0.500. The molecule has 1 aliphatic carbocycles. The fourth-order valence-electron chi connectivity index (χ4n) is 2.36. The Morgan fingerprint density at radius 2 is 2.22 bits per heavy atom. The van der Waals surface area contributed by atoms with Crippen molar-refractivity contribution in [3.63, 3.8) is 0 Å². The van der Waals surface area contributed by atoms with Gasteiger partial charge >= 0.3 is 0 Å². The Morgan fingerprint density at radius 3 is 2.89 bits per heavy atom. The van der Waals surface area contributed by atoms with E-state index >= 15 is 0 Å². The SMILES string of the molecule is CSC1CCC(NC(=O)c2cc(C)ccc2Br)C1. The number of thioether (sulfide) groups is 1. The van der Waals surface area contributed by atoms with Crippen molar-refractivity contribution in [2.45, 2.75) is 37.5 Å². The van der Waals surface area contributed by atoms with E-state index in [1.165, 1.54) is 6.42 Å². The maximum atomic E-state index is 12.2. The van der Waals surface area contributed by atoms with Gasteiger partial charge in [0.15, 0.2) is 0 Å². The number of carbonyl (C=O) groups is 1. The van der Waals surface area contributed by atoms with Crippen LogP contribution in [0.4, 0.5) is 0 Å². The molecule has 2 atom stereocenters. The summed E-state index contributed by atoms with van der Waals surface area (Å²) in [6.07, 6.45) is 5.55. The second-order valence-electron chi connectivity index (χ2n) is 4.82. The number of benzene rings is 1. The molecule has 18 heavy (non-hydrogen) atoms. The van der Waals surface area contributed by atoms with Crippen LogP contribution < -0.4 is 5.32 Å². The van der Waals surface area contributed by atoms with Crippen LogP contribution in [-0.2, 0) is 0 Å². The van der Waals surface area contributed by atoms with Gasteiger partial charge in [-0.3, -0.25) is 4.79 Å². The van der Waals surface area contributed by atoms with Gasteiger partial charge in [-0.2, -0.15) is 11.8 Å². The van der Waals surface area contributed by atoms with E-state index in [0.29, 0.717) is 11.3 Å². The van der Waals surface area contributed by atoms with Crippen LogP contribution in [-0.4, -0.2) is 23.5 Å². The molecular formula is C14H18BrNOS. The molecule has 1 aliphatic rings. The average Bonchev–Trinajstić information content (AvgIpc) is 2.80. The van der Waals surface area contributed by atoms with Gasteiger partial charge in [0, 0.05) is 15.8 Å². The highest BCUT2D eigenvalue weighted by Crippen LogP contribution is 2.28. The van der Waals surface area contributed by atoms with E-state index in [-0.39, 0.29) is 5.91 Å². The van der Waals surface area contributed by atoms with E-state index < -0.39 is 0 Å². The minimum Gasteiger partial charge on any atom is -0.349 e. The molecule has 0 aliphatic heterocycles. The summed E-state index contributed by atoms with van der Waals surface area (Å²) < 4.78 is 0.866. The maximum Gasteiger partial charge on any atom is 0.252 e. The number of amides is 1. The number of rotatable bonds is 3. The minimum atomic E-state index is 0.0392. The molecule has 1 fully saturated rings. The summed E-state index contributed by atoms with van der Waals surface area (Å²) in [5.41, 5.74) is 1.85. The summed E-state index contributed by atoms with van der Waals surface area (Å²) in [5, 5.41) is 3.85. The second-order valence-corrected chi connectivity index (χ2v) is 6.82. The molecule has 0 aromatic heterocycles. The molecular weight excluding hydrogens is 310 g/mol. The van der Waals surface area contributed by atoms with Crippen LogP contribution >= 0.6 is 27.7 Å². The summed E-state index contributed by atoms with van der Waals surface area (Å²) in [6, 6.07) is 6.20. The number of hydrogen-bond donors (Lipinski definition) is 1. The molecule has 2 unspecified atom stereocenters.